The number of aliphatic hydroxyl groups is 4. The predicted molar refractivity (Wildman–Crippen MR) is 117 cm³/mol. The minimum Gasteiger partial charge on any atom is -0.392 e. The van der Waals surface area contributed by atoms with Gasteiger partial charge in [-0.25, -0.2) is 0 Å². The monoisotopic (exact) mass is 434 g/mol. The average Bonchev–Trinajstić information content (AvgIpc) is 2.98. The Morgan fingerprint density at radius 2 is 1.74 bits per heavy atom. The SMILES string of the molecule is CC(C)(O)O.CC12CC(O)C3(C)C(CCC4=CC(=O)C=CC43C)C1CCC2C(=O)CO. The zero-order valence-corrected chi connectivity index (χ0v) is 19.4. The van der Waals surface area contributed by atoms with Crippen molar-refractivity contribution in [3.8, 4) is 0 Å². The molecule has 4 rings (SSSR count). The second kappa shape index (κ2) is 7.91. The van der Waals surface area contributed by atoms with Crippen LogP contribution >= 0.6 is 0 Å². The van der Waals surface area contributed by atoms with Crippen LogP contribution in [0.4, 0.5) is 0 Å². The van der Waals surface area contributed by atoms with Crippen LogP contribution in [0, 0.1) is 34.0 Å². The van der Waals surface area contributed by atoms with E-state index in [1.807, 2.05) is 6.08 Å². The smallest absolute Gasteiger partial charge is 0.178 e. The normalized spacial score (nSPS) is 43.8. The molecule has 174 valence electrons. The Bertz CT molecular complexity index is 801. The van der Waals surface area contributed by atoms with Crippen molar-refractivity contribution in [3.63, 3.8) is 0 Å². The number of aliphatic hydroxyl groups excluding tert-OH is 2. The van der Waals surface area contributed by atoms with E-state index in [2.05, 4.69) is 20.8 Å². The summed E-state index contributed by atoms with van der Waals surface area (Å²) in [6.07, 6.45) is 9.14. The number of carbonyl (C=O) groups is 2. The van der Waals surface area contributed by atoms with Gasteiger partial charge in [-0.3, -0.25) is 9.59 Å². The maximum atomic E-state index is 12.4. The molecule has 0 aromatic carbocycles. The summed E-state index contributed by atoms with van der Waals surface area (Å²) >= 11 is 0. The summed E-state index contributed by atoms with van der Waals surface area (Å²) in [7, 11) is 0. The lowest BCUT2D eigenvalue weighted by atomic mass is 9.40. The molecule has 0 aromatic heterocycles. The number of rotatable bonds is 2. The molecule has 0 aliphatic heterocycles. The van der Waals surface area contributed by atoms with Crippen molar-refractivity contribution < 1.29 is 30.0 Å². The minimum atomic E-state index is -1.50. The van der Waals surface area contributed by atoms with Crippen LogP contribution in [0.1, 0.15) is 66.7 Å². The summed E-state index contributed by atoms with van der Waals surface area (Å²) in [5.41, 5.74) is 0.251. The lowest BCUT2D eigenvalue weighted by molar-refractivity contribution is -0.178. The standard InChI is InChI=1S/C22H30O4.C3H8O2/c1-20-11-19(26)22(3)16(15(20)6-7-17(20)18(25)12-23)5-4-13-10-14(24)8-9-21(13,22)2;1-3(2,4)5/h8-10,15-17,19,23,26H,4-7,11-12H2,1-3H3;4-5H,1-2H3. The van der Waals surface area contributed by atoms with Gasteiger partial charge in [0.15, 0.2) is 17.4 Å². The van der Waals surface area contributed by atoms with Gasteiger partial charge in [0.05, 0.1) is 6.10 Å². The first-order valence-electron chi connectivity index (χ1n) is 11.4. The van der Waals surface area contributed by atoms with Crippen LogP contribution in [0.5, 0.6) is 0 Å². The van der Waals surface area contributed by atoms with Crippen molar-refractivity contribution >= 4 is 11.6 Å². The fourth-order valence-electron chi connectivity index (χ4n) is 7.28. The highest BCUT2D eigenvalue weighted by Crippen LogP contribution is 2.71. The quantitative estimate of drug-likeness (QED) is 0.497. The second-order valence-corrected chi connectivity index (χ2v) is 11.1. The van der Waals surface area contributed by atoms with Crippen molar-refractivity contribution in [2.75, 3.05) is 6.61 Å². The van der Waals surface area contributed by atoms with E-state index >= 15 is 0 Å². The summed E-state index contributed by atoms with van der Waals surface area (Å²) in [5.74, 6) is -0.987. The van der Waals surface area contributed by atoms with E-state index in [0.717, 1.165) is 31.3 Å². The number of hydrogen-bond donors (Lipinski definition) is 4. The van der Waals surface area contributed by atoms with Gasteiger partial charge in [-0.2, -0.15) is 0 Å². The maximum Gasteiger partial charge on any atom is 0.178 e. The van der Waals surface area contributed by atoms with Crippen LogP contribution in [-0.4, -0.2) is 50.5 Å². The van der Waals surface area contributed by atoms with Gasteiger partial charge in [-0.15, -0.1) is 0 Å². The predicted octanol–water partition coefficient (Wildman–Crippen LogP) is 2.54. The fourth-order valence-corrected chi connectivity index (χ4v) is 7.28. The van der Waals surface area contributed by atoms with Gasteiger partial charge in [0, 0.05) is 16.7 Å². The topological polar surface area (TPSA) is 115 Å². The molecule has 0 aromatic rings. The number of ketones is 2. The van der Waals surface area contributed by atoms with Crippen molar-refractivity contribution in [2.45, 2.75) is 78.6 Å². The minimum absolute atomic E-state index is 0.0455. The molecule has 0 radical (unpaired) electrons. The van der Waals surface area contributed by atoms with Crippen molar-refractivity contribution in [1.29, 1.82) is 0 Å². The first-order valence-corrected chi connectivity index (χ1v) is 11.4. The van der Waals surface area contributed by atoms with E-state index in [9.17, 15) is 19.8 Å². The lowest BCUT2D eigenvalue weighted by Crippen LogP contribution is -2.63. The Labute approximate surface area is 185 Å². The Morgan fingerprint density at radius 3 is 2.32 bits per heavy atom. The number of hydrogen-bond acceptors (Lipinski definition) is 6. The first kappa shape index (κ1) is 24.3. The molecule has 3 fully saturated rings. The van der Waals surface area contributed by atoms with Crippen molar-refractivity contribution in [1.82, 2.24) is 0 Å². The second-order valence-electron chi connectivity index (χ2n) is 11.1. The Balaban J connectivity index is 0.000000491. The Morgan fingerprint density at radius 1 is 1.13 bits per heavy atom. The van der Waals surface area contributed by atoms with Crippen LogP contribution in [0.25, 0.3) is 0 Å². The van der Waals surface area contributed by atoms with Crippen LogP contribution in [0.3, 0.4) is 0 Å². The number of allylic oxidation sites excluding steroid dienone is 4. The van der Waals surface area contributed by atoms with Crippen molar-refractivity contribution in [3.05, 3.63) is 23.8 Å². The highest BCUT2D eigenvalue weighted by atomic mass is 16.5. The van der Waals surface area contributed by atoms with E-state index in [1.165, 1.54) is 13.8 Å². The van der Waals surface area contributed by atoms with Gasteiger partial charge >= 0.3 is 0 Å². The number of carbonyl (C=O) groups excluding carboxylic acids is 2. The van der Waals surface area contributed by atoms with Crippen LogP contribution in [0.2, 0.25) is 0 Å². The molecule has 4 N–H and O–H groups in total. The molecule has 6 heteroatoms. The zero-order valence-electron chi connectivity index (χ0n) is 19.4. The fraction of sp³-hybridized carbons (Fsp3) is 0.760. The zero-order chi connectivity index (χ0) is 23.4. The summed E-state index contributed by atoms with van der Waals surface area (Å²) < 4.78 is 0. The van der Waals surface area contributed by atoms with Gasteiger partial charge in [-0.05, 0) is 75.4 Å². The van der Waals surface area contributed by atoms with Gasteiger partial charge in [0.1, 0.15) is 6.61 Å². The van der Waals surface area contributed by atoms with Crippen LogP contribution < -0.4 is 0 Å². The van der Waals surface area contributed by atoms with Gasteiger partial charge in [0.2, 0.25) is 0 Å². The van der Waals surface area contributed by atoms with Crippen LogP contribution in [0.15, 0.2) is 23.8 Å². The summed E-state index contributed by atoms with van der Waals surface area (Å²) in [4.78, 5) is 24.3. The molecule has 4 aliphatic carbocycles. The largest absolute Gasteiger partial charge is 0.392 e. The lowest BCUT2D eigenvalue weighted by Gasteiger charge is -2.65. The van der Waals surface area contributed by atoms with E-state index in [1.54, 1.807) is 12.2 Å². The van der Waals surface area contributed by atoms with Crippen molar-refractivity contribution in [2.24, 2.45) is 34.0 Å². The molecule has 6 nitrogen and oxygen atoms in total. The molecule has 0 amide bonds. The average molecular weight is 435 g/mol. The Kier molecular flexibility index (Phi) is 6.20. The molecule has 7 unspecified atom stereocenters. The third-order valence-electron chi connectivity index (χ3n) is 8.94. The molecular formula is C25H38O6. The molecule has 0 heterocycles. The number of fused-ring (bicyclic) bond motifs is 5. The van der Waals surface area contributed by atoms with Gasteiger partial charge in [0.25, 0.3) is 0 Å². The van der Waals surface area contributed by atoms with E-state index < -0.39 is 18.5 Å². The Hall–Kier alpha value is -1.34. The molecule has 0 saturated heterocycles. The molecule has 0 spiro atoms. The van der Waals surface area contributed by atoms with Crippen LogP contribution in [-0.2, 0) is 9.59 Å². The highest BCUT2D eigenvalue weighted by Gasteiger charge is 2.67. The maximum absolute atomic E-state index is 12.4. The molecule has 3 saturated carbocycles. The third kappa shape index (κ3) is 3.86. The van der Waals surface area contributed by atoms with E-state index in [0.29, 0.717) is 18.3 Å². The first-order chi connectivity index (χ1) is 14.2. The molecule has 4 aliphatic rings. The van der Waals surface area contributed by atoms with E-state index in [-0.39, 0.29) is 33.7 Å². The van der Waals surface area contributed by atoms with E-state index in [4.69, 9.17) is 10.2 Å². The molecule has 7 atom stereocenters. The van der Waals surface area contributed by atoms with Gasteiger partial charge in [-0.1, -0.05) is 32.4 Å². The summed E-state index contributed by atoms with van der Waals surface area (Å²) in [5, 5.41) is 37.0. The summed E-state index contributed by atoms with van der Waals surface area (Å²) in [6, 6.07) is 0. The molecule has 31 heavy (non-hydrogen) atoms. The summed E-state index contributed by atoms with van der Waals surface area (Å²) in [6.45, 7) is 8.71. The number of Topliss-reactive ketones (excluding diaryl/α,β-unsaturated/α-hetero) is 1. The third-order valence-corrected chi connectivity index (χ3v) is 8.94. The molecular weight excluding hydrogens is 396 g/mol. The molecule has 0 bridgehead atoms. The van der Waals surface area contributed by atoms with Gasteiger partial charge < -0.3 is 20.4 Å². The highest BCUT2D eigenvalue weighted by molar-refractivity contribution is 6.01.